The minimum Gasteiger partial charge on any atom is -0.481 e. The van der Waals surface area contributed by atoms with Crippen molar-refractivity contribution in [1.82, 2.24) is 14.9 Å². The molecule has 0 aromatic carbocycles. The predicted octanol–water partition coefficient (Wildman–Crippen LogP) is 0.212. The van der Waals surface area contributed by atoms with E-state index in [1.807, 2.05) is 4.90 Å². The fraction of sp³-hybridized carbons (Fsp3) is 0.500. The number of carbonyl (C=O) groups excluding carboxylic acids is 1. The van der Waals surface area contributed by atoms with E-state index in [2.05, 4.69) is 15.3 Å². The summed E-state index contributed by atoms with van der Waals surface area (Å²) >= 11 is 0. The molecule has 1 aliphatic heterocycles. The van der Waals surface area contributed by atoms with Gasteiger partial charge < -0.3 is 5.11 Å². The molecule has 19 heavy (non-hydrogen) atoms. The summed E-state index contributed by atoms with van der Waals surface area (Å²) in [6, 6.07) is 1.66. The number of amides is 1. The molecule has 0 radical (unpaired) electrons. The van der Waals surface area contributed by atoms with Crippen LogP contribution in [0.3, 0.4) is 0 Å². The van der Waals surface area contributed by atoms with E-state index >= 15 is 0 Å². The van der Waals surface area contributed by atoms with Crippen LogP contribution in [-0.2, 0) is 9.59 Å². The van der Waals surface area contributed by atoms with Crippen molar-refractivity contribution in [2.24, 2.45) is 5.41 Å². The lowest BCUT2D eigenvalue weighted by molar-refractivity contribution is -0.147. The fourth-order valence-electron chi connectivity index (χ4n) is 2.10. The number of carboxylic acid groups (broad SMARTS) is 1. The average Bonchev–Trinajstić information content (AvgIpc) is 2.73. The third-order valence-electron chi connectivity index (χ3n) is 3.25. The monoisotopic (exact) mass is 264 g/mol. The number of anilines is 1. The molecule has 102 valence electrons. The van der Waals surface area contributed by atoms with E-state index in [9.17, 15) is 9.59 Å². The molecule has 1 saturated heterocycles. The van der Waals surface area contributed by atoms with Crippen LogP contribution in [0.5, 0.6) is 0 Å². The minimum atomic E-state index is -0.818. The number of aliphatic carboxylic acids is 1. The summed E-state index contributed by atoms with van der Waals surface area (Å²) in [6.07, 6.45) is 3.64. The maximum Gasteiger partial charge on any atom is 0.310 e. The second-order valence-electron chi connectivity index (χ2n) is 4.95. The number of likely N-dealkylation sites (tertiary alicyclic amines) is 1. The van der Waals surface area contributed by atoms with Gasteiger partial charge in [-0.2, -0.15) is 0 Å². The van der Waals surface area contributed by atoms with Gasteiger partial charge in [0.25, 0.3) is 0 Å². The summed E-state index contributed by atoms with van der Waals surface area (Å²) in [7, 11) is 0. The Balaban J connectivity index is 1.86. The second kappa shape index (κ2) is 5.31. The molecular formula is C12H16N4O3. The van der Waals surface area contributed by atoms with Gasteiger partial charge in [0.05, 0.1) is 12.0 Å². The van der Waals surface area contributed by atoms with E-state index in [1.54, 1.807) is 25.4 Å². The molecule has 2 rings (SSSR count). The standard InChI is InChI=1S/C12H16N4O3/c1-12(10(18)19)3-6-16(8-12)7-9(17)15-11-13-4-2-5-14-11/h2,4-5H,3,6-8H2,1H3,(H,18,19)(H,13,14,15,17). The third kappa shape index (κ3) is 3.25. The van der Waals surface area contributed by atoms with Crippen LogP contribution < -0.4 is 5.32 Å². The van der Waals surface area contributed by atoms with Crippen LogP contribution in [0, 0.1) is 5.41 Å². The molecular weight excluding hydrogens is 248 g/mol. The Morgan fingerprint density at radius 3 is 2.74 bits per heavy atom. The molecule has 1 atom stereocenters. The maximum atomic E-state index is 11.8. The fourth-order valence-corrected chi connectivity index (χ4v) is 2.10. The lowest BCUT2D eigenvalue weighted by Crippen LogP contribution is -2.36. The maximum absolute atomic E-state index is 11.8. The highest BCUT2D eigenvalue weighted by molar-refractivity contribution is 5.90. The first-order chi connectivity index (χ1) is 8.99. The highest BCUT2D eigenvalue weighted by Crippen LogP contribution is 2.29. The molecule has 0 bridgehead atoms. The molecule has 1 unspecified atom stereocenters. The van der Waals surface area contributed by atoms with Crippen molar-refractivity contribution in [1.29, 1.82) is 0 Å². The summed E-state index contributed by atoms with van der Waals surface area (Å²) in [5.74, 6) is -0.796. The van der Waals surface area contributed by atoms with E-state index < -0.39 is 11.4 Å². The lowest BCUT2D eigenvalue weighted by Gasteiger charge is -2.19. The van der Waals surface area contributed by atoms with Crippen LogP contribution in [0.1, 0.15) is 13.3 Å². The zero-order chi connectivity index (χ0) is 13.9. The van der Waals surface area contributed by atoms with E-state index in [-0.39, 0.29) is 18.4 Å². The normalized spacial score (nSPS) is 23.2. The Labute approximate surface area is 110 Å². The zero-order valence-electron chi connectivity index (χ0n) is 10.7. The molecule has 1 aromatic heterocycles. The molecule has 0 saturated carbocycles. The Morgan fingerprint density at radius 1 is 1.47 bits per heavy atom. The predicted molar refractivity (Wildman–Crippen MR) is 67.5 cm³/mol. The van der Waals surface area contributed by atoms with Crippen molar-refractivity contribution in [3.05, 3.63) is 18.5 Å². The molecule has 1 amide bonds. The van der Waals surface area contributed by atoms with Gasteiger partial charge in [-0.1, -0.05) is 0 Å². The first-order valence-corrected chi connectivity index (χ1v) is 6.02. The average molecular weight is 264 g/mol. The summed E-state index contributed by atoms with van der Waals surface area (Å²) in [6.45, 7) is 2.84. The van der Waals surface area contributed by atoms with Gasteiger partial charge in [0, 0.05) is 18.9 Å². The Morgan fingerprint density at radius 2 is 2.16 bits per heavy atom. The van der Waals surface area contributed by atoms with Gasteiger partial charge in [0.1, 0.15) is 0 Å². The Kier molecular flexibility index (Phi) is 3.75. The van der Waals surface area contributed by atoms with E-state index in [1.165, 1.54) is 0 Å². The Bertz CT molecular complexity index is 479. The molecule has 7 nitrogen and oxygen atoms in total. The first kappa shape index (κ1) is 13.4. The van der Waals surface area contributed by atoms with Gasteiger partial charge in [-0.05, 0) is 26.0 Å². The van der Waals surface area contributed by atoms with E-state index in [4.69, 9.17) is 5.11 Å². The van der Waals surface area contributed by atoms with Crippen molar-refractivity contribution in [3.8, 4) is 0 Å². The van der Waals surface area contributed by atoms with Crippen LogP contribution >= 0.6 is 0 Å². The summed E-state index contributed by atoms with van der Waals surface area (Å²) in [5, 5.41) is 11.7. The largest absolute Gasteiger partial charge is 0.481 e. The van der Waals surface area contributed by atoms with Gasteiger partial charge in [-0.25, -0.2) is 9.97 Å². The van der Waals surface area contributed by atoms with Crippen LogP contribution in [0.15, 0.2) is 18.5 Å². The van der Waals surface area contributed by atoms with Crippen molar-refractivity contribution >= 4 is 17.8 Å². The minimum absolute atomic E-state index is 0.154. The van der Waals surface area contributed by atoms with Gasteiger partial charge >= 0.3 is 5.97 Å². The Hall–Kier alpha value is -2.02. The molecule has 1 aromatic rings. The van der Waals surface area contributed by atoms with E-state index in [0.717, 1.165) is 0 Å². The molecule has 2 N–H and O–H groups in total. The number of rotatable bonds is 4. The number of hydrogen-bond donors (Lipinski definition) is 2. The van der Waals surface area contributed by atoms with Crippen molar-refractivity contribution in [2.75, 3.05) is 25.0 Å². The number of hydrogen-bond acceptors (Lipinski definition) is 5. The number of nitrogens with one attached hydrogen (secondary N) is 1. The smallest absolute Gasteiger partial charge is 0.310 e. The van der Waals surface area contributed by atoms with Gasteiger partial charge in [-0.3, -0.25) is 19.8 Å². The number of carboxylic acids is 1. The zero-order valence-corrected chi connectivity index (χ0v) is 10.7. The molecule has 2 heterocycles. The second-order valence-corrected chi connectivity index (χ2v) is 4.95. The molecule has 0 spiro atoms. The quantitative estimate of drug-likeness (QED) is 0.807. The summed E-state index contributed by atoms with van der Waals surface area (Å²) in [4.78, 5) is 32.5. The molecule has 0 aliphatic carbocycles. The molecule has 7 heteroatoms. The van der Waals surface area contributed by atoms with Gasteiger partial charge in [-0.15, -0.1) is 0 Å². The molecule has 1 fully saturated rings. The SMILES string of the molecule is CC1(C(=O)O)CCN(CC(=O)Nc2ncccn2)C1. The van der Waals surface area contributed by atoms with Gasteiger partial charge in [0.2, 0.25) is 11.9 Å². The van der Waals surface area contributed by atoms with Crippen molar-refractivity contribution in [3.63, 3.8) is 0 Å². The number of nitrogens with zero attached hydrogens (tertiary/aromatic N) is 3. The van der Waals surface area contributed by atoms with E-state index in [0.29, 0.717) is 19.5 Å². The van der Waals surface area contributed by atoms with Gasteiger partial charge in [0.15, 0.2) is 0 Å². The highest BCUT2D eigenvalue weighted by Gasteiger charge is 2.40. The van der Waals surface area contributed by atoms with Crippen LogP contribution in [0.2, 0.25) is 0 Å². The third-order valence-corrected chi connectivity index (χ3v) is 3.25. The van der Waals surface area contributed by atoms with Crippen molar-refractivity contribution < 1.29 is 14.7 Å². The lowest BCUT2D eigenvalue weighted by atomic mass is 9.90. The van der Waals surface area contributed by atoms with Crippen LogP contribution in [0.25, 0.3) is 0 Å². The molecule has 1 aliphatic rings. The number of aromatic nitrogens is 2. The summed E-state index contributed by atoms with van der Waals surface area (Å²) < 4.78 is 0. The van der Waals surface area contributed by atoms with Crippen molar-refractivity contribution in [2.45, 2.75) is 13.3 Å². The van der Waals surface area contributed by atoms with Crippen LogP contribution in [-0.4, -0.2) is 51.5 Å². The first-order valence-electron chi connectivity index (χ1n) is 6.02. The van der Waals surface area contributed by atoms with Crippen LogP contribution in [0.4, 0.5) is 5.95 Å². The highest BCUT2D eigenvalue weighted by atomic mass is 16.4. The summed E-state index contributed by atoms with van der Waals surface area (Å²) in [5.41, 5.74) is -0.760. The number of carbonyl (C=O) groups is 2. The topological polar surface area (TPSA) is 95.4 Å².